The fourth-order valence-corrected chi connectivity index (χ4v) is 5.52. The summed E-state index contributed by atoms with van der Waals surface area (Å²) in [5.74, 6) is 0.441. The molecule has 1 saturated heterocycles. The zero-order valence-corrected chi connectivity index (χ0v) is 21.7. The molecule has 200 valence electrons. The van der Waals surface area contributed by atoms with E-state index in [-0.39, 0.29) is 17.4 Å². The number of halogens is 1. The molecule has 0 saturated carbocycles. The van der Waals surface area contributed by atoms with Crippen LogP contribution in [0.25, 0.3) is 0 Å². The van der Waals surface area contributed by atoms with Gasteiger partial charge in [-0.2, -0.15) is 5.10 Å². The lowest BCUT2D eigenvalue weighted by molar-refractivity contribution is -0.384. The van der Waals surface area contributed by atoms with Crippen molar-refractivity contribution < 1.29 is 14.1 Å². The summed E-state index contributed by atoms with van der Waals surface area (Å²) in [4.78, 5) is 30.8. The lowest BCUT2D eigenvalue weighted by Gasteiger charge is -2.36. The van der Waals surface area contributed by atoms with E-state index in [9.17, 15) is 19.3 Å². The number of rotatable bonds is 8. The Bertz CT molecular complexity index is 1280. The number of fused-ring (bicyclic) bond motifs is 1. The number of amides is 1. The monoisotopic (exact) mass is 520 g/mol. The molecule has 2 aromatic carbocycles. The van der Waals surface area contributed by atoms with E-state index in [1.54, 1.807) is 0 Å². The summed E-state index contributed by atoms with van der Waals surface area (Å²) in [5.41, 5.74) is 3.63. The van der Waals surface area contributed by atoms with Crippen LogP contribution in [-0.2, 0) is 19.9 Å². The standard InChI is InChI=1S/C28H33FN6O3/c1-31-27(25-5-2-3-6-26(25)30-31)34(28(36)21-7-11-24(12-8-21)35(37)38)16-4-15-32-17-19-33(20-18-32)23-13-9-22(29)10-14-23/h7-14H,2-6,15-20H2,1H3. The highest BCUT2D eigenvalue weighted by Gasteiger charge is 2.28. The Morgan fingerprint density at radius 2 is 1.71 bits per heavy atom. The van der Waals surface area contributed by atoms with Crippen LogP contribution < -0.4 is 9.80 Å². The zero-order valence-electron chi connectivity index (χ0n) is 21.7. The first-order valence-electron chi connectivity index (χ1n) is 13.2. The highest BCUT2D eigenvalue weighted by molar-refractivity contribution is 6.06. The number of carbonyl (C=O) groups excluding carboxylic acids is 1. The fraction of sp³-hybridized carbons (Fsp3) is 0.429. The van der Waals surface area contributed by atoms with Gasteiger partial charge in [0.05, 0.1) is 10.6 Å². The SMILES string of the molecule is Cn1nc2c(c1N(CCCN1CCN(c3ccc(F)cc3)CC1)C(=O)c1ccc([N+](=O)[O-])cc1)CCCC2. The molecule has 1 amide bonds. The van der Waals surface area contributed by atoms with E-state index < -0.39 is 4.92 Å². The van der Waals surface area contributed by atoms with Crippen LogP contribution in [0.5, 0.6) is 0 Å². The molecule has 0 bridgehead atoms. The minimum absolute atomic E-state index is 0.0363. The topological polar surface area (TPSA) is 87.8 Å². The van der Waals surface area contributed by atoms with Gasteiger partial charge in [-0.25, -0.2) is 4.39 Å². The van der Waals surface area contributed by atoms with Crippen molar-refractivity contribution in [3.05, 3.63) is 81.3 Å². The van der Waals surface area contributed by atoms with Crippen LogP contribution in [0.4, 0.5) is 21.6 Å². The molecular weight excluding hydrogens is 487 g/mol. The van der Waals surface area contributed by atoms with E-state index in [4.69, 9.17) is 5.10 Å². The molecule has 5 rings (SSSR count). The largest absolute Gasteiger partial charge is 0.369 e. The number of nitro groups is 1. The van der Waals surface area contributed by atoms with Gasteiger partial charge in [-0.05, 0) is 75.0 Å². The molecule has 1 aliphatic carbocycles. The predicted octanol–water partition coefficient (Wildman–Crippen LogP) is 4.21. The summed E-state index contributed by atoms with van der Waals surface area (Å²) < 4.78 is 15.1. The van der Waals surface area contributed by atoms with Crippen LogP contribution in [0.3, 0.4) is 0 Å². The normalized spacial score (nSPS) is 15.8. The first-order valence-corrected chi connectivity index (χ1v) is 13.2. The number of hydrogen-bond donors (Lipinski definition) is 0. The molecular formula is C28H33FN6O3. The number of piperazine rings is 1. The second kappa shape index (κ2) is 11.3. The Kier molecular flexibility index (Phi) is 7.69. The maximum absolute atomic E-state index is 13.7. The molecule has 38 heavy (non-hydrogen) atoms. The lowest BCUT2D eigenvalue weighted by Crippen LogP contribution is -2.47. The summed E-state index contributed by atoms with van der Waals surface area (Å²) in [6.45, 7) is 4.91. The van der Waals surface area contributed by atoms with Crippen LogP contribution in [0.15, 0.2) is 48.5 Å². The second-order valence-electron chi connectivity index (χ2n) is 10.00. The second-order valence-corrected chi connectivity index (χ2v) is 10.00. The Balaban J connectivity index is 1.27. The number of hydrogen-bond acceptors (Lipinski definition) is 6. The van der Waals surface area contributed by atoms with E-state index in [2.05, 4.69) is 9.80 Å². The number of benzene rings is 2. The van der Waals surface area contributed by atoms with Crippen molar-refractivity contribution in [1.82, 2.24) is 14.7 Å². The third-order valence-electron chi connectivity index (χ3n) is 7.53. The average Bonchev–Trinajstić information content (AvgIpc) is 3.27. The highest BCUT2D eigenvalue weighted by atomic mass is 19.1. The molecule has 2 aliphatic rings. The van der Waals surface area contributed by atoms with E-state index >= 15 is 0 Å². The highest BCUT2D eigenvalue weighted by Crippen LogP contribution is 2.31. The summed E-state index contributed by atoms with van der Waals surface area (Å²) >= 11 is 0. The molecule has 3 aromatic rings. The van der Waals surface area contributed by atoms with Gasteiger partial charge in [0.2, 0.25) is 0 Å². The molecule has 1 aliphatic heterocycles. The molecule has 2 heterocycles. The van der Waals surface area contributed by atoms with Crippen molar-refractivity contribution in [1.29, 1.82) is 0 Å². The first-order chi connectivity index (χ1) is 18.4. The van der Waals surface area contributed by atoms with Gasteiger partial charge in [-0.1, -0.05) is 0 Å². The molecule has 0 unspecified atom stereocenters. The number of aryl methyl sites for hydroxylation is 2. The molecule has 0 atom stereocenters. The number of aromatic nitrogens is 2. The fourth-order valence-electron chi connectivity index (χ4n) is 5.52. The number of carbonyl (C=O) groups is 1. The van der Waals surface area contributed by atoms with E-state index in [1.807, 2.05) is 28.8 Å². The van der Waals surface area contributed by atoms with Crippen molar-refractivity contribution in [2.24, 2.45) is 7.05 Å². The maximum Gasteiger partial charge on any atom is 0.269 e. The van der Waals surface area contributed by atoms with Gasteiger partial charge in [-0.3, -0.25) is 29.4 Å². The van der Waals surface area contributed by atoms with Crippen LogP contribution in [0, 0.1) is 15.9 Å². The molecule has 1 fully saturated rings. The van der Waals surface area contributed by atoms with E-state index in [1.165, 1.54) is 36.4 Å². The minimum Gasteiger partial charge on any atom is -0.369 e. The van der Waals surface area contributed by atoms with Crippen molar-refractivity contribution in [2.45, 2.75) is 32.1 Å². The van der Waals surface area contributed by atoms with Gasteiger partial charge in [0.15, 0.2) is 0 Å². The van der Waals surface area contributed by atoms with Crippen molar-refractivity contribution in [3.8, 4) is 0 Å². The van der Waals surface area contributed by atoms with Crippen molar-refractivity contribution in [3.63, 3.8) is 0 Å². The van der Waals surface area contributed by atoms with Gasteiger partial charge in [0.25, 0.3) is 11.6 Å². The van der Waals surface area contributed by atoms with Crippen LogP contribution >= 0.6 is 0 Å². The first kappa shape index (κ1) is 25.8. The number of nitrogens with zero attached hydrogens (tertiary/aromatic N) is 6. The van der Waals surface area contributed by atoms with Gasteiger partial charge in [0.1, 0.15) is 11.6 Å². The Morgan fingerprint density at radius 3 is 2.39 bits per heavy atom. The molecule has 9 nitrogen and oxygen atoms in total. The molecule has 0 N–H and O–H groups in total. The smallest absolute Gasteiger partial charge is 0.269 e. The van der Waals surface area contributed by atoms with Crippen molar-refractivity contribution in [2.75, 3.05) is 49.1 Å². The summed E-state index contributed by atoms with van der Waals surface area (Å²) in [7, 11) is 1.89. The number of non-ortho nitro benzene ring substituents is 1. The molecule has 10 heteroatoms. The van der Waals surface area contributed by atoms with Crippen LogP contribution in [0.1, 0.15) is 40.9 Å². The third kappa shape index (κ3) is 5.55. The van der Waals surface area contributed by atoms with Gasteiger partial charge in [-0.15, -0.1) is 0 Å². The maximum atomic E-state index is 13.7. The van der Waals surface area contributed by atoms with E-state index in [0.717, 1.165) is 87.6 Å². The summed E-state index contributed by atoms with van der Waals surface area (Å²) in [6.07, 6.45) is 4.78. The van der Waals surface area contributed by atoms with Gasteiger partial charge in [0, 0.05) is 68.7 Å². The molecule has 0 radical (unpaired) electrons. The summed E-state index contributed by atoms with van der Waals surface area (Å²) in [5, 5.41) is 15.8. The van der Waals surface area contributed by atoms with Crippen molar-refractivity contribution >= 4 is 23.1 Å². The zero-order chi connectivity index (χ0) is 26.6. The Hall–Kier alpha value is -3.79. The van der Waals surface area contributed by atoms with Crippen LogP contribution in [-0.4, -0.2) is 64.8 Å². The predicted molar refractivity (Wildman–Crippen MR) is 144 cm³/mol. The number of anilines is 2. The minimum atomic E-state index is -0.459. The lowest BCUT2D eigenvalue weighted by atomic mass is 9.97. The third-order valence-corrected chi connectivity index (χ3v) is 7.53. The average molecular weight is 521 g/mol. The Morgan fingerprint density at radius 1 is 1.03 bits per heavy atom. The molecule has 1 aromatic heterocycles. The quantitative estimate of drug-likeness (QED) is 0.327. The summed E-state index contributed by atoms with van der Waals surface area (Å²) in [6, 6.07) is 12.5. The molecule has 0 spiro atoms. The van der Waals surface area contributed by atoms with E-state index in [0.29, 0.717) is 12.1 Å². The Labute approximate surface area is 221 Å². The number of nitro benzene ring substituents is 1. The van der Waals surface area contributed by atoms with Gasteiger partial charge >= 0.3 is 0 Å². The van der Waals surface area contributed by atoms with Crippen LogP contribution in [0.2, 0.25) is 0 Å². The van der Waals surface area contributed by atoms with Gasteiger partial charge < -0.3 is 4.90 Å².